The smallest absolute Gasteiger partial charge is 0.206 e. The summed E-state index contributed by atoms with van der Waals surface area (Å²) < 4.78 is 0. The summed E-state index contributed by atoms with van der Waals surface area (Å²) in [5, 5.41) is 21.9. The summed E-state index contributed by atoms with van der Waals surface area (Å²) in [6.45, 7) is 4.74. The second-order valence-corrected chi connectivity index (χ2v) is 7.79. The summed E-state index contributed by atoms with van der Waals surface area (Å²) in [7, 11) is 0. The highest BCUT2D eigenvalue weighted by atomic mass is 32.1. The van der Waals surface area contributed by atoms with E-state index in [9.17, 15) is 0 Å². The Morgan fingerprint density at radius 1 is 1.15 bits per heavy atom. The molecule has 0 radical (unpaired) electrons. The molecule has 0 aliphatic heterocycles. The lowest BCUT2D eigenvalue weighted by Gasteiger charge is -2.12. The Labute approximate surface area is 161 Å². The van der Waals surface area contributed by atoms with Crippen molar-refractivity contribution in [1.29, 1.82) is 0 Å². The highest BCUT2D eigenvalue weighted by molar-refractivity contribution is 7.18. The summed E-state index contributed by atoms with van der Waals surface area (Å²) >= 11 is 1.53. The SMILES string of the molecule is Cc1cccc(CC(N)CNc2nnc(-c3ccc4[nH]nc(C)c4c3)s2)c1. The third kappa shape index (κ3) is 3.99. The molecule has 4 N–H and O–H groups in total. The molecule has 0 saturated heterocycles. The Hall–Kier alpha value is -2.77. The van der Waals surface area contributed by atoms with Crippen LogP contribution >= 0.6 is 11.3 Å². The number of nitrogens with two attached hydrogens (primary N) is 1. The average Bonchev–Trinajstić information content (AvgIpc) is 3.27. The molecule has 0 bridgehead atoms. The van der Waals surface area contributed by atoms with E-state index in [0.29, 0.717) is 6.54 Å². The fourth-order valence-corrected chi connectivity index (χ4v) is 3.87. The van der Waals surface area contributed by atoms with Crippen LogP contribution in [-0.2, 0) is 6.42 Å². The van der Waals surface area contributed by atoms with E-state index in [1.165, 1.54) is 22.5 Å². The molecule has 0 aliphatic carbocycles. The summed E-state index contributed by atoms with van der Waals surface area (Å²) in [6, 6.07) is 14.6. The summed E-state index contributed by atoms with van der Waals surface area (Å²) in [5.41, 5.74) is 11.8. The van der Waals surface area contributed by atoms with Gasteiger partial charge in [-0.2, -0.15) is 5.10 Å². The second kappa shape index (κ2) is 7.46. The fraction of sp³-hybridized carbons (Fsp3) is 0.250. The summed E-state index contributed by atoms with van der Waals surface area (Å²) in [6.07, 6.45) is 0.830. The van der Waals surface area contributed by atoms with Crippen LogP contribution in [-0.4, -0.2) is 33.0 Å². The molecular formula is C20H22N6S. The van der Waals surface area contributed by atoms with Crippen molar-refractivity contribution >= 4 is 27.4 Å². The number of fused-ring (bicyclic) bond motifs is 1. The first-order chi connectivity index (χ1) is 13.1. The van der Waals surface area contributed by atoms with Gasteiger partial charge in [0.05, 0.1) is 11.2 Å². The normalized spacial score (nSPS) is 12.4. The number of anilines is 1. The molecule has 6 nitrogen and oxygen atoms in total. The first-order valence-electron chi connectivity index (χ1n) is 8.92. The summed E-state index contributed by atoms with van der Waals surface area (Å²) in [5.74, 6) is 0. The van der Waals surface area contributed by atoms with Gasteiger partial charge in [0, 0.05) is 23.5 Å². The lowest BCUT2D eigenvalue weighted by Crippen LogP contribution is -2.31. The van der Waals surface area contributed by atoms with E-state index in [1.54, 1.807) is 0 Å². The Balaban J connectivity index is 1.40. The molecule has 1 atom stereocenters. The van der Waals surface area contributed by atoms with Crippen LogP contribution in [0.5, 0.6) is 0 Å². The van der Waals surface area contributed by atoms with Gasteiger partial charge >= 0.3 is 0 Å². The lowest BCUT2D eigenvalue weighted by molar-refractivity contribution is 0.698. The molecule has 27 heavy (non-hydrogen) atoms. The Morgan fingerprint density at radius 2 is 2.04 bits per heavy atom. The van der Waals surface area contributed by atoms with E-state index >= 15 is 0 Å². The predicted molar refractivity (Wildman–Crippen MR) is 111 cm³/mol. The molecule has 0 spiro atoms. The van der Waals surface area contributed by atoms with Crippen molar-refractivity contribution in [1.82, 2.24) is 20.4 Å². The van der Waals surface area contributed by atoms with Crippen molar-refractivity contribution in [3.8, 4) is 10.6 Å². The highest BCUT2D eigenvalue weighted by Crippen LogP contribution is 2.29. The van der Waals surface area contributed by atoms with Gasteiger partial charge in [-0.25, -0.2) is 0 Å². The van der Waals surface area contributed by atoms with Crippen molar-refractivity contribution in [2.75, 3.05) is 11.9 Å². The highest BCUT2D eigenvalue weighted by Gasteiger charge is 2.11. The van der Waals surface area contributed by atoms with Gasteiger partial charge in [0.1, 0.15) is 5.01 Å². The van der Waals surface area contributed by atoms with E-state index < -0.39 is 0 Å². The number of benzene rings is 2. The molecule has 7 heteroatoms. The minimum Gasteiger partial charge on any atom is -0.359 e. The van der Waals surface area contributed by atoms with E-state index in [1.807, 2.05) is 19.1 Å². The Kier molecular flexibility index (Phi) is 4.87. The Bertz CT molecular complexity index is 1070. The van der Waals surface area contributed by atoms with Crippen molar-refractivity contribution < 1.29 is 0 Å². The van der Waals surface area contributed by atoms with Crippen molar-refractivity contribution in [3.05, 3.63) is 59.3 Å². The van der Waals surface area contributed by atoms with Crippen LogP contribution in [0.3, 0.4) is 0 Å². The molecule has 2 aromatic heterocycles. The quantitative estimate of drug-likeness (QED) is 0.476. The number of hydrogen-bond donors (Lipinski definition) is 3. The van der Waals surface area contributed by atoms with Crippen LogP contribution in [0.15, 0.2) is 42.5 Å². The van der Waals surface area contributed by atoms with E-state index in [2.05, 4.69) is 63.0 Å². The minimum absolute atomic E-state index is 0.0177. The first-order valence-corrected chi connectivity index (χ1v) is 9.74. The number of rotatable bonds is 6. The largest absolute Gasteiger partial charge is 0.359 e. The van der Waals surface area contributed by atoms with Crippen molar-refractivity contribution in [3.63, 3.8) is 0 Å². The van der Waals surface area contributed by atoms with Crippen molar-refractivity contribution in [2.45, 2.75) is 26.3 Å². The van der Waals surface area contributed by atoms with Crippen LogP contribution in [0.4, 0.5) is 5.13 Å². The molecule has 2 heterocycles. The molecule has 0 aliphatic rings. The van der Waals surface area contributed by atoms with Gasteiger partial charge in [0.25, 0.3) is 0 Å². The van der Waals surface area contributed by atoms with Gasteiger partial charge in [-0.3, -0.25) is 5.10 Å². The first kappa shape index (κ1) is 17.6. The molecular weight excluding hydrogens is 356 g/mol. The van der Waals surface area contributed by atoms with Crippen LogP contribution in [0, 0.1) is 13.8 Å². The van der Waals surface area contributed by atoms with E-state index in [4.69, 9.17) is 5.73 Å². The molecule has 0 amide bonds. The second-order valence-electron chi connectivity index (χ2n) is 6.82. The van der Waals surface area contributed by atoms with Gasteiger partial charge in [-0.1, -0.05) is 41.2 Å². The number of nitrogens with one attached hydrogen (secondary N) is 2. The molecule has 0 fully saturated rings. The third-order valence-corrected chi connectivity index (χ3v) is 5.45. The maximum absolute atomic E-state index is 6.27. The predicted octanol–water partition coefficient (Wildman–Crippen LogP) is 3.68. The fourth-order valence-electron chi connectivity index (χ4n) is 3.12. The maximum Gasteiger partial charge on any atom is 0.206 e. The number of aromatic amines is 1. The van der Waals surface area contributed by atoms with Gasteiger partial charge in [-0.05, 0) is 44.0 Å². The third-order valence-electron chi connectivity index (χ3n) is 4.52. The summed E-state index contributed by atoms with van der Waals surface area (Å²) in [4.78, 5) is 0. The van der Waals surface area contributed by atoms with Gasteiger partial charge in [-0.15, -0.1) is 10.2 Å². The Morgan fingerprint density at radius 3 is 2.89 bits per heavy atom. The molecule has 0 saturated carbocycles. The van der Waals surface area contributed by atoms with Crippen LogP contribution < -0.4 is 11.1 Å². The topological polar surface area (TPSA) is 92.5 Å². The maximum atomic E-state index is 6.27. The van der Waals surface area contributed by atoms with Crippen molar-refractivity contribution in [2.24, 2.45) is 5.73 Å². The number of nitrogens with zero attached hydrogens (tertiary/aromatic N) is 3. The molecule has 138 valence electrons. The average molecular weight is 379 g/mol. The zero-order chi connectivity index (χ0) is 18.8. The number of aromatic nitrogens is 4. The molecule has 1 unspecified atom stereocenters. The molecule has 4 aromatic rings. The number of aryl methyl sites for hydroxylation is 2. The standard InChI is InChI=1S/C20H22N6S/c1-12-4-3-5-14(8-12)9-16(21)11-22-20-26-25-19(27-20)15-6-7-18-17(10-15)13(2)23-24-18/h3-8,10,16H,9,11,21H2,1-2H3,(H,22,26)(H,23,24). The monoisotopic (exact) mass is 378 g/mol. The van der Waals surface area contributed by atoms with Crippen LogP contribution in [0.25, 0.3) is 21.5 Å². The number of hydrogen-bond acceptors (Lipinski definition) is 6. The molecule has 2 aromatic carbocycles. The van der Waals surface area contributed by atoms with Gasteiger partial charge < -0.3 is 11.1 Å². The van der Waals surface area contributed by atoms with Crippen LogP contribution in [0.1, 0.15) is 16.8 Å². The van der Waals surface area contributed by atoms with Crippen LogP contribution in [0.2, 0.25) is 0 Å². The molecule has 4 rings (SSSR count). The zero-order valence-corrected chi connectivity index (χ0v) is 16.2. The van der Waals surface area contributed by atoms with E-state index in [0.717, 1.165) is 38.7 Å². The number of H-pyrrole nitrogens is 1. The lowest BCUT2D eigenvalue weighted by atomic mass is 10.0. The zero-order valence-electron chi connectivity index (χ0n) is 15.4. The minimum atomic E-state index is 0.0177. The van der Waals surface area contributed by atoms with E-state index in [-0.39, 0.29) is 6.04 Å². The van der Waals surface area contributed by atoms with Gasteiger partial charge in [0.2, 0.25) is 5.13 Å². The van der Waals surface area contributed by atoms with Gasteiger partial charge in [0.15, 0.2) is 0 Å².